The van der Waals surface area contributed by atoms with Crippen molar-refractivity contribution in [2.75, 3.05) is 31.2 Å². The number of aliphatic imine (C=N–C) groups is 2. The number of halogens is 1. The molecule has 2 aliphatic heterocycles. The van der Waals surface area contributed by atoms with Crippen LogP contribution in [-0.2, 0) is 4.74 Å². The maximum absolute atomic E-state index is 6.41. The number of hydrogen-bond acceptors (Lipinski definition) is 8. The minimum atomic E-state index is -0.176. The molecule has 1 aromatic rings. The van der Waals surface area contributed by atoms with Gasteiger partial charge in [-0.3, -0.25) is 15.0 Å². The minimum Gasteiger partial charge on any atom is -0.411 e. The molecule has 0 saturated carbocycles. The number of nitrogens with zero attached hydrogens (tertiary/aromatic N) is 6. The van der Waals surface area contributed by atoms with Crippen LogP contribution in [0.15, 0.2) is 19.5 Å². The van der Waals surface area contributed by atoms with E-state index >= 15 is 0 Å². The molecular formula is C21H33ClN6O2. The maximum atomic E-state index is 6.41. The van der Waals surface area contributed by atoms with Gasteiger partial charge in [-0.05, 0) is 57.8 Å². The van der Waals surface area contributed by atoms with Gasteiger partial charge in [0, 0.05) is 25.7 Å². The van der Waals surface area contributed by atoms with Gasteiger partial charge >= 0.3 is 0 Å². The lowest BCUT2D eigenvalue weighted by atomic mass is 10.1. The molecule has 2 aliphatic rings. The molecule has 1 aromatic heterocycles. The zero-order chi connectivity index (χ0) is 21.7. The number of hydrazone groups is 1. The standard InChI is InChI=1S/C21H33ClN6O2/c1-6-16(7-2)28-20(23-8-3)18(15(5)26-28)24-14(4)17-19(22)30-21(25-17)27-10-9-12-29-13-11-27/h8,16,18,20H,6-7,9-13H2,1-5H3/b23-8+,24-14?. The maximum Gasteiger partial charge on any atom is 0.299 e. The summed E-state index contributed by atoms with van der Waals surface area (Å²) in [6.07, 6.45) is 4.63. The summed E-state index contributed by atoms with van der Waals surface area (Å²) < 4.78 is 11.3. The summed E-state index contributed by atoms with van der Waals surface area (Å²) >= 11 is 6.41. The molecule has 9 heteroatoms. The normalized spacial score (nSPS) is 23.6. The van der Waals surface area contributed by atoms with E-state index in [1.54, 1.807) is 0 Å². The third-order valence-corrected chi connectivity index (χ3v) is 5.87. The number of oxazole rings is 1. The molecule has 0 bridgehead atoms. The molecule has 30 heavy (non-hydrogen) atoms. The van der Waals surface area contributed by atoms with Crippen molar-refractivity contribution in [1.29, 1.82) is 0 Å². The van der Waals surface area contributed by atoms with Gasteiger partial charge in [-0.1, -0.05) is 13.8 Å². The Labute approximate surface area is 184 Å². The average molecular weight is 437 g/mol. The number of ether oxygens (including phenoxy) is 1. The smallest absolute Gasteiger partial charge is 0.299 e. The van der Waals surface area contributed by atoms with E-state index in [4.69, 9.17) is 35.8 Å². The molecule has 1 fully saturated rings. The van der Waals surface area contributed by atoms with Crippen LogP contribution in [-0.4, -0.2) is 72.2 Å². The summed E-state index contributed by atoms with van der Waals surface area (Å²) in [6, 6.07) is 0.680. The summed E-state index contributed by atoms with van der Waals surface area (Å²) in [6.45, 7) is 13.2. The second-order valence-corrected chi connectivity index (χ2v) is 7.99. The summed E-state index contributed by atoms with van der Waals surface area (Å²) in [5.74, 6) is 0. The number of hydrogen-bond donors (Lipinski definition) is 0. The van der Waals surface area contributed by atoms with Crippen molar-refractivity contribution in [3.05, 3.63) is 10.9 Å². The van der Waals surface area contributed by atoms with Crippen LogP contribution in [0.4, 0.5) is 6.01 Å². The van der Waals surface area contributed by atoms with Crippen LogP contribution in [0.3, 0.4) is 0 Å². The first-order valence-corrected chi connectivity index (χ1v) is 11.2. The molecule has 0 spiro atoms. The van der Waals surface area contributed by atoms with Crippen molar-refractivity contribution in [3.8, 4) is 0 Å². The van der Waals surface area contributed by atoms with Crippen molar-refractivity contribution >= 4 is 35.3 Å². The van der Waals surface area contributed by atoms with Gasteiger partial charge in [-0.15, -0.1) is 0 Å². The van der Waals surface area contributed by atoms with Crippen molar-refractivity contribution in [2.45, 2.75) is 72.1 Å². The van der Waals surface area contributed by atoms with E-state index in [0.717, 1.165) is 50.4 Å². The van der Waals surface area contributed by atoms with Gasteiger partial charge in [0.15, 0.2) is 6.17 Å². The van der Waals surface area contributed by atoms with E-state index in [2.05, 4.69) is 28.7 Å². The highest BCUT2D eigenvalue weighted by atomic mass is 35.5. The van der Waals surface area contributed by atoms with E-state index in [-0.39, 0.29) is 17.4 Å². The van der Waals surface area contributed by atoms with Gasteiger partial charge in [0.25, 0.3) is 6.01 Å². The number of rotatable bonds is 7. The minimum absolute atomic E-state index is 0.150. The van der Waals surface area contributed by atoms with Crippen LogP contribution in [0.25, 0.3) is 0 Å². The molecule has 166 valence electrons. The summed E-state index contributed by atoms with van der Waals surface area (Å²) in [4.78, 5) is 16.4. The van der Waals surface area contributed by atoms with Crippen molar-refractivity contribution in [3.63, 3.8) is 0 Å². The Hall–Kier alpha value is -1.93. The molecule has 0 radical (unpaired) electrons. The van der Waals surface area contributed by atoms with E-state index in [0.29, 0.717) is 24.4 Å². The Kier molecular flexibility index (Phi) is 7.88. The Morgan fingerprint density at radius 1 is 1.30 bits per heavy atom. The molecule has 3 rings (SSSR count). The lowest BCUT2D eigenvalue weighted by Gasteiger charge is -2.29. The van der Waals surface area contributed by atoms with Gasteiger partial charge in [0.1, 0.15) is 11.7 Å². The fraction of sp³-hybridized carbons (Fsp3) is 0.714. The molecule has 2 unspecified atom stereocenters. The van der Waals surface area contributed by atoms with Gasteiger partial charge in [0.05, 0.1) is 18.0 Å². The fourth-order valence-electron chi connectivity index (χ4n) is 3.94. The average Bonchev–Trinajstić information content (AvgIpc) is 3.11. The monoisotopic (exact) mass is 436 g/mol. The highest BCUT2D eigenvalue weighted by molar-refractivity contribution is 6.32. The highest BCUT2D eigenvalue weighted by Crippen LogP contribution is 2.28. The predicted octanol–water partition coefficient (Wildman–Crippen LogP) is 4.03. The van der Waals surface area contributed by atoms with E-state index in [9.17, 15) is 0 Å². The topological polar surface area (TPSA) is 78.8 Å². The zero-order valence-corrected chi connectivity index (χ0v) is 19.4. The Morgan fingerprint density at radius 2 is 2.07 bits per heavy atom. The van der Waals surface area contributed by atoms with E-state index in [1.165, 1.54) is 0 Å². The zero-order valence-electron chi connectivity index (χ0n) is 18.6. The summed E-state index contributed by atoms with van der Waals surface area (Å²) in [5.41, 5.74) is 2.24. The van der Waals surface area contributed by atoms with Crippen LogP contribution in [0.5, 0.6) is 0 Å². The lowest BCUT2D eigenvalue weighted by molar-refractivity contribution is 0.149. The Balaban J connectivity index is 1.86. The van der Waals surface area contributed by atoms with Gasteiger partial charge < -0.3 is 14.1 Å². The van der Waals surface area contributed by atoms with Gasteiger partial charge in [0.2, 0.25) is 5.22 Å². The Bertz CT molecular complexity index is 793. The largest absolute Gasteiger partial charge is 0.411 e. The molecule has 8 nitrogen and oxygen atoms in total. The lowest BCUT2D eigenvalue weighted by Crippen LogP contribution is -2.40. The molecule has 2 atom stereocenters. The molecular weight excluding hydrogens is 404 g/mol. The van der Waals surface area contributed by atoms with Crippen molar-refractivity contribution in [2.24, 2.45) is 15.1 Å². The molecule has 3 heterocycles. The number of anilines is 1. The summed E-state index contributed by atoms with van der Waals surface area (Å²) in [5, 5.41) is 7.16. The quantitative estimate of drug-likeness (QED) is 0.603. The second kappa shape index (κ2) is 10.4. The first-order chi connectivity index (χ1) is 14.5. The first kappa shape index (κ1) is 22.7. The van der Waals surface area contributed by atoms with Crippen LogP contribution in [0, 0.1) is 0 Å². The van der Waals surface area contributed by atoms with Crippen LogP contribution in [0.1, 0.15) is 59.6 Å². The SMILES string of the molecule is C/C=N/C1C(N=C(C)c2nc(N3CCCOCC3)oc2Cl)C(C)=NN1C(CC)CC. The summed E-state index contributed by atoms with van der Waals surface area (Å²) in [7, 11) is 0. The first-order valence-electron chi connectivity index (χ1n) is 10.8. The Morgan fingerprint density at radius 3 is 2.77 bits per heavy atom. The van der Waals surface area contributed by atoms with Crippen molar-refractivity contribution in [1.82, 2.24) is 9.99 Å². The molecule has 0 aromatic carbocycles. The van der Waals surface area contributed by atoms with Gasteiger partial charge in [-0.25, -0.2) is 0 Å². The molecule has 1 saturated heterocycles. The van der Waals surface area contributed by atoms with Crippen LogP contribution < -0.4 is 4.90 Å². The van der Waals surface area contributed by atoms with E-state index in [1.807, 2.05) is 27.0 Å². The van der Waals surface area contributed by atoms with Gasteiger partial charge in [-0.2, -0.15) is 10.1 Å². The highest BCUT2D eigenvalue weighted by Gasteiger charge is 2.37. The predicted molar refractivity (Wildman–Crippen MR) is 122 cm³/mol. The third kappa shape index (κ3) is 4.86. The third-order valence-electron chi connectivity index (χ3n) is 5.62. The molecule has 0 aliphatic carbocycles. The second-order valence-electron chi connectivity index (χ2n) is 7.64. The molecule has 0 N–H and O–H groups in total. The van der Waals surface area contributed by atoms with Crippen molar-refractivity contribution < 1.29 is 9.15 Å². The number of aromatic nitrogens is 1. The van der Waals surface area contributed by atoms with E-state index < -0.39 is 0 Å². The van der Waals surface area contributed by atoms with Crippen LogP contribution in [0.2, 0.25) is 5.22 Å². The fourth-order valence-corrected chi connectivity index (χ4v) is 4.19. The molecule has 0 amide bonds. The van der Waals surface area contributed by atoms with Crippen LogP contribution >= 0.6 is 11.6 Å².